The molecule has 3 heteroatoms. The van der Waals surface area contributed by atoms with Crippen molar-refractivity contribution in [3.8, 4) is 11.5 Å². The first-order valence-corrected chi connectivity index (χ1v) is 10.4. The van der Waals surface area contributed by atoms with Gasteiger partial charge in [0.2, 0.25) is 0 Å². The van der Waals surface area contributed by atoms with Crippen LogP contribution in [0.1, 0.15) is 58.9 Å². The molecule has 27 heavy (non-hydrogen) atoms. The van der Waals surface area contributed by atoms with Gasteiger partial charge in [0.1, 0.15) is 23.9 Å². The van der Waals surface area contributed by atoms with Gasteiger partial charge in [-0.2, -0.15) is 0 Å². The van der Waals surface area contributed by atoms with Crippen LogP contribution in [0, 0.1) is 28.6 Å². The third-order valence-electron chi connectivity index (χ3n) is 8.15. The molecule has 3 nitrogen and oxygen atoms in total. The lowest BCUT2D eigenvalue weighted by molar-refractivity contribution is -0.151. The van der Waals surface area contributed by atoms with Gasteiger partial charge < -0.3 is 9.47 Å². The predicted molar refractivity (Wildman–Crippen MR) is 108 cm³/mol. The van der Waals surface area contributed by atoms with E-state index in [1.165, 1.54) is 6.42 Å². The van der Waals surface area contributed by atoms with Crippen molar-refractivity contribution in [2.24, 2.45) is 28.6 Å². The summed E-state index contributed by atoms with van der Waals surface area (Å²) >= 11 is 0. The number of carbonyl (C=O) groups is 1. The van der Waals surface area contributed by atoms with Crippen LogP contribution in [0.25, 0.3) is 6.08 Å². The molecule has 1 aliphatic heterocycles. The summed E-state index contributed by atoms with van der Waals surface area (Å²) in [5.74, 6) is 3.51. The van der Waals surface area contributed by atoms with Crippen LogP contribution in [-0.2, 0) is 4.79 Å². The lowest BCUT2D eigenvalue weighted by atomic mass is 9.45. The fraction of sp³-hybridized carbons (Fsp3) is 0.625. The second kappa shape index (κ2) is 6.68. The first-order chi connectivity index (χ1) is 12.8. The summed E-state index contributed by atoms with van der Waals surface area (Å²) in [6.07, 6.45) is 8.17. The second-order valence-corrected chi connectivity index (χ2v) is 9.43. The minimum Gasteiger partial charge on any atom is -0.493 e. The number of fused-ring (bicyclic) bond motifs is 2. The number of benzene rings is 1. The lowest BCUT2D eigenvalue weighted by Gasteiger charge is -2.59. The molecule has 0 spiro atoms. The summed E-state index contributed by atoms with van der Waals surface area (Å²) in [5, 5.41) is 0. The molecule has 1 heterocycles. The van der Waals surface area contributed by atoms with Crippen LogP contribution < -0.4 is 9.47 Å². The maximum Gasteiger partial charge on any atom is 0.136 e. The van der Waals surface area contributed by atoms with Crippen LogP contribution >= 0.6 is 0 Å². The van der Waals surface area contributed by atoms with Gasteiger partial charge in [-0.25, -0.2) is 0 Å². The minimum absolute atomic E-state index is 0.0820. The van der Waals surface area contributed by atoms with E-state index >= 15 is 0 Å². The van der Waals surface area contributed by atoms with Crippen molar-refractivity contribution >= 4 is 11.9 Å². The molecule has 2 aliphatic carbocycles. The van der Waals surface area contributed by atoms with Crippen molar-refractivity contribution in [1.82, 2.24) is 0 Å². The molecule has 0 amide bonds. The molecular formula is C24H32O3. The van der Waals surface area contributed by atoms with Gasteiger partial charge in [-0.3, -0.25) is 4.79 Å². The summed E-state index contributed by atoms with van der Waals surface area (Å²) in [4.78, 5) is 12.4. The highest BCUT2D eigenvalue weighted by atomic mass is 16.5. The third-order valence-corrected chi connectivity index (χ3v) is 8.15. The Bertz CT molecular complexity index is 767. The molecule has 0 bridgehead atoms. The van der Waals surface area contributed by atoms with E-state index in [2.05, 4.69) is 39.8 Å². The molecule has 4 rings (SSSR count). The minimum atomic E-state index is 0.0820. The van der Waals surface area contributed by atoms with Gasteiger partial charge in [0.15, 0.2) is 0 Å². The number of hydrogen-bond donors (Lipinski definition) is 0. The van der Waals surface area contributed by atoms with E-state index in [4.69, 9.17) is 9.47 Å². The van der Waals surface area contributed by atoms with Gasteiger partial charge in [-0.05, 0) is 54.7 Å². The molecule has 146 valence electrons. The first kappa shape index (κ1) is 18.6. The van der Waals surface area contributed by atoms with Crippen molar-refractivity contribution < 1.29 is 14.3 Å². The molecule has 0 aromatic heterocycles. The van der Waals surface area contributed by atoms with E-state index < -0.39 is 0 Å². The Labute approximate surface area is 163 Å². The second-order valence-electron chi connectivity index (χ2n) is 9.43. The zero-order valence-electron chi connectivity index (χ0n) is 17.1. The number of ether oxygens (including phenoxy) is 2. The van der Waals surface area contributed by atoms with Gasteiger partial charge in [0.05, 0.1) is 6.61 Å². The maximum absolute atomic E-state index is 12.4. The van der Waals surface area contributed by atoms with Crippen LogP contribution in [0.4, 0.5) is 0 Å². The Kier molecular flexibility index (Phi) is 4.60. The standard InChI is InChI=1S/C24H32O3/c1-16-11-12-23(3)17(2)20(25)9-10-22(23)24(16,4)15-27-19-8-7-18-6-5-13-26-21(18)14-19/h5-8,14,16-17,22H,9-13,15H2,1-4H3/t16-,17+,22-,23-,24+/m0/s1. The van der Waals surface area contributed by atoms with Gasteiger partial charge in [0, 0.05) is 29.4 Å². The fourth-order valence-electron chi connectivity index (χ4n) is 5.84. The average molecular weight is 369 g/mol. The van der Waals surface area contributed by atoms with Gasteiger partial charge in [-0.15, -0.1) is 0 Å². The van der Waals surface area contributed by atoms with E-state index in [0.29, 0.717) is 30.8 Å². The first-order valence-electron chi connectivity index (χ1n) is 10.4. The Morgan fingerprint density at radius 2 is 2.04 bits per heavy atom. The van der Waals surface area contributed by atoms with Crippen LogP contribution in [0.5, 0.6) is 11.5 Å². The van der Waals surface area contributed by atoms with E-state index in [0.717, 1.165) is 36.3 Å². The van der Waals surface area contributed by atoms with E-state index in [1.807, 2.05) is 18.2 Å². The summed E-state index contributed by atoms with van der Waals surface area (Å²) in [6, 6.07) is 6.13. The quantitative estimate of drug-likeness (QED) is 0.704. The largest absolute Gasteiger partial charge is 0.493 e. The molecule has 0 N–H and O–H groups in total. The fourth-order valence-corrected chi connectivity index (χ4v) is 5.84. The molecule has 1 aromatic rings. The van der Waals surface area contributed by atoms with E-state index in [-0.39, 0.29) is 16.7 Å². The maximum atomic E-state index is 12.4. The zero-order valence-corrected chi connectivity index (χ0v) is 17.1. The highest BCUT2D eigenvalue weighted by Gasteiger charge is 2.57. The summed E-state index contributed by atoms with van der Waals surface area (Å²) in [6.45, 7) is 10.6. The number of rotatable bonds is 3. The summed E-state index contributed by atoms with van der Waals surface area (Å²) < 4.78 is 12.1. The topological polar surface area (TPSA) is 35.5 Å². The Morgan fingerprint density at radius 3 is 2.85 bits per heavy atom. The van der Waals surface area contributed by atoms with E-state index in [1.54, 1.807) is 0 Å². The van der Waals surface area contributed by atoms with Crippen LogP contribution in [0.15, 0.2) is 24.3 Å². The van der Waals surface area contributed by atoms with Gasteiger partial charge in [-0.1, -0.05) is 33.8 Å². The Balaban J connectivity index is 1.56. The highest BCUT2D eigenvalue weighted by molar-refractivity contribution is 5.82. The van der Waals surface area contributed by atoms with E-state index in [9.17, 15) is 4.79 Å². The molecule has 2 fully saturated rings. The summed E-state index contributed by atoms with van der Waals surface area (Å²) in [7, 11) is 0. The normalized spacial score (nSPS) is 37.9. The molecule has 0 saturated heterocycles. The van der Waals surface area contributed by atoms with Gasteiger partial charge in [0.25, 0.3) is 0 Å². The smallest absolute Gasteiger partial charge is 0.136 e. The average Bonchev–Trinajstić information content (AvgIpc) is 2.67. The predicted octanol–water partition coefficient (Wildman–Crippen LogP) is 5.53. The monoisotopic (exact) mass is 368 g/mol. The molecule has 5 atom stereocenters. The molecule has 0 unspecified atom stereocenters. The van der Waals surface area contributed by atoms with Gasteiger partial charge >= 0.3 is 0 Å². The van der Waals surface area contributed by atoms with Crippen molar-refractivity contribution in [1.29, 1.82) is 0 Å². The van der Waals surface area contributed by atoms with Crippen molar-refractivity contribution in [3.05, 3.63) is 29.8 Å². The number of hydrogen-bond acceptors (Lipinski definition) is 3. The van der Waals surface area contributed by atoms with Crippen LogP contribution in [-0.4, -0.2) is 19.0 Å². The Morgan fingerprint density at radius 1 is 1.22 bits per heavy atom. The molecular weight excluding hydrogens is 336 g/mol. The summed E-state index contributed by atoms with van der Waals surface area (Å²) in [5.41, 5.74) is 1.29. The molecule has 1 aromatic carbocycles. The van der Waals surface area contributed by atoms with Crippen molar-refractivity contribution in [2.45, 2.75) is 53.4 Å². The Hall–Kier alpha value is -1.77. The molecule has 0 radical (unpaired) electrons. The lowest BCUT2D eigenvalue weighted by Crippen LogP contribution is -2.56. The van der Waals surface area contributed by atoms with Crippen LogP contribution in [0.3, 0.4) is 0 Å². The number of ketones is 1. The number of Topliss-reactive ketones (excluding diaryl/α,β-unsaturated/α-hetero) is 1. The molecule has 3 aliphatic rings. The van der Waals surface area contributed by atoms with Crippen molar-refractivity contribution in [3.63, 3.8) is 0 Å². The van der Waals surface area contributed by atoms with Crippen LogP contribution in [0.2, 0.25) is 0 Å². The number of carbonyl (C=O) groups excluding carboxylic acids is 1. The third kappa shape index (κ3) is 2.99. The SMILES string of the molecule is C[C@@H]1C(=O)CC[C@@H]2[C@](C)(COc3ccc4c(c3)OCC=C4)[C@@H](C)CC[C@]21C. The molecule has 2 saturated carbocycles. The highest BCUT2D eigenvalue weighted by Crippen LogP contribution is 2.61. The van der Waals surface area contributed by atoms with Crippen molar-refractivity contribution in [2.75, 3.05) is 13.2 Å². The zero-order chi connectivity index (χ0) is 19.2.